The molecule has 0 fully saturated rings. The number of rotatable bonds is 7. The van der Waals surface area contributed by atoms with E-state index in [1.807, 2.05) is 0 Å². The van der Waals surface area contributed by atoms with Crippen LogP contribution >= 0.6 is 27.5 Å². The molecular weight excluding hydrogens is 478 g/mol. The molecule has 3 aromatic carbocycles. The molecule has 1 amide bonds. The zero-order chi connectivity index (χ0) is 21.5. The molecule has 0 aliphatic rings. The second kappa shape index (κ2) is 10.3. The second-order valence-corrected chi connectivity index (χ2v) is 7.59. The van der Waals surface area contributed by atoms with Gasteiger partial charge in [-0.1, -0.05) is 35.9 Å². The quantitative estimate of drug-likeness (QED) is 0.341. The van der Waals surface area contributed by atoms with Crippen LogP contribution in [-0.4, -0.2) is 12.1 Å². The smallest absolute Gasteiger partial charge is 0.244 e. The summed E-state index contributed by atoms with van der Waals surface area (Å²) in [5.41, 5.74) is 4.54. The van der Waals surface area contributed by atoms with Gasteiger partial charge in [-0.3, -0.25) is 4.79 Å². The molecule has 30 heavy (non-hydrogen) atoms. The largest absolute Gasteiger partial charge is 0.486 e. The van der Waals surface area contributed by atoms with Gasteiger partial charge in [0.25, 0.3) is 0 Å². The number of halogens is 4. The van der Waals surface area contributed by atoms with Crippen LogP contribution in [-0.2, 0) is 17.8 Å². The zero-order valence-corrected chi connectivity index (χ0v) is 17.9. The van der Waals surface area contributed by atoms with Gasteiger partial charge in [0, 0.05) is 0 Å². The van der Waals surface area contributed by atoms with E-state index in [-0.39, 0.29) is 30.6 Å². The molecule has 3 rings (SSSR count). The minimum atomic E-state index is -0.357. The molecule has 0 bridgehead atoms. The van der Waals surface area contributed by atoms with Gasteiger partial charge in [0.2, 0.25) is 5.91 Å². The van der Waals surface area contributed by atoms with Crippen molar-refractivity contribution >= 4 is 39.7 Å². The van der Waals surface area contributed by atoms with E-state index in [0.717, 1.165) is 5.56 Å². The Kier molecular flexibility index (Phi) is 7.54. The molecule has 3 aromatic rings. The van der Waals surface area contributed by atoms with E-state index in [1.165, 1.54) is 30.5 Å². The first-order chi connectivity index (χ1) is 14.4. The van der Waals surface area contributed by atoms with Crippen molar-refractivity contribution in [2.75, 3.05) is 0 Å². The van der Waals surface area contributed by atoms with Crippen molar-refractivity contribution in [2.45, 2.75) is 13.0 Å². The summed E-state index contributed by atoms with van der Waals surface area (Å²) in [5, 5.41) is 4.27. The number of hydrazone groups is 1. The SMILES string of the molecule is O=C(Cc1ccc(F)cc1)N/N=C/c1cc(Cl)c(OCc2ccc(F)cc2)c(Br)c1. The number of carbonyl (C=O) groups is 1. The summed E-state index contributed by atoms with van der Waals surface area (Å²) in [4.78, 5) is 11.9. The molecule has 0 radical (unpaired) electrons. The lowest BCUT2D eigenvalue weighted by Crippen LogP contribution is -2.19. The third-order valence-electron chi connectivity index (χ3n) is 4.00. The van der Waals surface area contributed by atoms with Crippen molar-refractivity contribution in [1.29, 1.82) is 0 Å². The topological polar surface area (TPSA) is 50.7 Å². The number of hydrogen-bond donors (Lipinski definition) is 1. The second-order valence-electron chi connectivity index (χ2n) is 6.33. The third-order valence-corrected chi connectivity index (χ3v) is 4.87. The standard InChI is InChI=1S/C22H16BrClF2N2O2/c23-19-9-16(12-27-28-21(29)11-14-1-5-17(25)6-2-14)10-20(24)22(19)30-13-15-3-7-18(26)8-4-15/h1-10,12H,11,13H2,(H,28,29)/b27-12+. The molecule has 4 nitrogen and oxygen atoms in total. The molecule has 0 aliphatic carbocycles. The van der Waals surface area contributed by atoms with Gasteiger partial charge in [0.05, 0.1) is 22.1 Å². The van der Waals surface area contributed by atoms with Crippen LogP contribution in [0.4, 0.5) is 8.78 Å². The average molecular weight is 494 g/mol. The van der Waals surface area contributed by atoms with Gasteiger partial charge in [0.1, 0.15) is 18.2 Å². The lowest BCUT2D eigenvalue weighted by Gasteiger charge is -2.11. The molecule has 154 valence electrons. The number of carbonyl (C=O) groups excluding carboxylic acids is 1. The van der Waals surface area contributed by atoms with Crippen molar-refractivity contribution < 1.29 is 18.3 Å². The molecule has 0 saturated heterocycles. The molecule has 0 aliphatic heterocycles. The molecular formula is C22H16BrClF2N2O2. The van der Waals surface area contributed by atoms with E-state index in [0.29, 0.717) is 26.4 Å². The van der Waals surface area contributed by atoms with Crippen LogP contribution < -0.4 is 10.2 Å². The monoisotopic (exact) mass is 492 g/mol. The summed E-state index contributed by atoms with van der Waals surface area (Å²) in [6.07, 6.45) is 1.53. The maximum atomic E-state index is 13.0. The summed E-state index contributed by atoms with van der Waals surface area (Å²) in [5.74, 6) is -0.558. The molecule has 0 atom stereocenters. The van der Waals surface area contributed by atoms with E-state index in [9.17, 15) is 13.6 Å². The van der Waals surface area contributed by atoms with Crippen molar-refractivity contribution in [3.05, 3.63) is 98.5 Å². The maximum Gasteiger partial charge on any atom is 0.244 e. The van der Waals surface area contributed by atoms with Gasteiger partial charge in [-0.2, -0.15) is 5.10 Å². The minimum Gasteiger partial charge on any atom is -0.486 e. The first kappa shape index (κ1) is 21.9. The minimum absolute atomic E-state index is 0.0816. The van der Waals surface area contributed by atoms with Gasteiger partial charge in [-0.25, -0.2) is 14.2 Å². The fourth-order valence-electron chi connectivity index (χ4n) is 2.53. The highest BCUT2D eigenvalue weighted by atomic mass is 79.9. The Labute approximate surface area is 185 Å². The molecule has 8 heteroatoms. The van der Waals surface area contributed by atoms with Crippen molar-refractivity contribution in [1.82, 2.24) is 5.43 Å². The highest BCUT2D eigenvalue weighted by molar-refractivity contribution is 9.10. The zero-order valence-electron chi connectivity index (χ0n) is 15.5. The maximum absolute atomic E-state index is 13.0. The van der Waals surface area contributed by atoms with Gasteiger partial charge in [0.15, 0.2) is 5.75 Å². The van der Waals surface area contributed by atoms with Crippen molar-refractivity contribution in [3.63, 3.8) is 0 Å². The first-order valence-corrected chi connectivity index (χ1v) is 10.0. The van der Waals surface area contributed by atoms with E-state index < -0.39 is 0 Å². The normalized spacial score (nSPS) is 10.9. The summed E-state index contributed by atoms with van der Waals surface area (Å²) < 4.78 is 32.2. The van der Waals surface area contributed by atoms with Gasteiger partial charge >= 0.3 is 0 Å². The van der Waals surface area contributed by atoms with Gasteiger partial charge in [-0.05, 0) is 69.0 Å². The van der Waals surface area contributed by atoms with Crippen LogP contribution in [0.2, 0.25) is 5.02 Å². The average Bonchev–Trinajstić information content (AvgIpc) is 2.70. The molecule has 0 saturated carbocycles. The fraction of sp³-hybridized carbons (Fsp3) is 0.0909. The Morgan fingerprint density at radius 3 is 2.23 bits per heavy atom. The number of amides is 1. The molecule has 0 spiro atoms. The van der Waals surface area contributed by atoms with E-state index in [2.05, 4.69) is 26.5 Å². The lowest BCUT2D eigenvalue weighted by molar-refractivity contribution is -0.120. The summed E-state index contributed by atoms with van der Waals surface area (Å²) in [7, 11) is 0. The lowest BCUT2D eigenvalue weighted by atomic mass is 10.1. The Balaban J connectivity index is 1.57. The third kappa shape index (κ3) is 6.37. The van der Waals surface area contributed by atoms with Crippen LogP contribution in [0.25, 0.3) is 0 Å². The van der Waals surface area contributed by atoms with Crippen LogP contribution in [0, 0.1) is 11.6 Å². The van der Waals surface area contributed by atoms with Crippen LogP contribution in [0.5, 0.6) is 5.75 Å². The van der Waals surface area contributed by atoms with Crippen molar-refractivity contribution in [3.8, 4) is 5.75 Å². The molecule has 1 N–H and O–H groups in total. The molecule has 0 aromatic heterocycles. The van der Waals surface area contributed by atoms with Crippen LogP contribution in [0.15, 0.2) is 70.2 Å². The molecule has 0 unspecified atom stereocenters. The summed E-state index contributed by atoms with van der Waals surface area (Å²) >= 11 is 9.70. The highest BCUT2D eigenvalue weighted by Crippen LogP contribution is 2.34. The summed E-state index contributed by atoms with van der Waals surface area (Å²) in [6, 6.07) is 15.0. The van der Waals surface area contributed by atoms with Crippen LogP contribution in [0.3, 0.4) is 0 Å². The Morgan fingerprint density at radius 2 is 1.63 bits per heavy atom. The van der Waals surface area contributed by atoms with Crippen molar-refractivity contribution in [2.24, 2.45) is 5.10 Å². The number of nitrogens with zero attached hydrogens (tertiary/aromatic N) is 1. The predicted molar refractivity (Wildman–Crippen MR) is 116 cm³/mol. The first-order valence-electron chi connectivity index (χ1n) is 8.83. The molecule has 0 heterocycles. The van der Waals surface area contributed by atoms with Gasteiger partial charge in [-0.15, -0.1) is 0 Å². The number of ether oxygens (including phenoxy) is 1. The predicted octanol–water partition coefficient (Wildman–Crippen LogP) is 5.65. The Morgan fingerprint density at radius 1 is 1.03 bits per heavy atom. The van der Waals surface area contributed by atoms with E-state index in [1.54, 1.807) is 36.4 Å². The number of benzene rings is 3. The highest BCUT2D eigenvalue weighted by Gasteiger charge is 2.10. The number of hydrogen-bond acceptors (Lipinski definition) is 3. The van der Waals surface area contributed by atoms with Gasteiger partial charge < -0.3 is 4.74 Å². The van der Waals surface area contributed by atoms with E-state index >= 15 is 0 Å². The fourth-order valence-corrected chi connectivity index (χ4v) is 3.52. The van der Waals surface area contributed by atoms with E-state index in [4.69, 9.17) is 16.3 Å². The number of nitrogens with one attached hydrogen (secondary N) is 1. The Bertz CT molecular complexity index is 1030. The summed E-state index contributed by atoms with van der Waals surface area (Å²) in [6.45, 7) is 0.228. The van der Waals surface area contributed by atoms with Crippen LogP contribution in [0.1, 0.15) is 16.7 Å². The Hall–Kier alpha value is -2.77.